The highest BCUT2D eigenvalue weighted by Gasteiger charge is 2.23. The van der Waals surface area contributed by atoms with Crippen LogP contribution in [0.3, 0.4) is 0 Å². The van der Waals surface area contributed by atoms with Crippen molar-refractivity contribution in [2.45, 2.75) is 25.3 Å². The number of nitrogen functional groups attached to an aromatic ring is 1. The van der Waals surface area contributed by atoms with Crippen molar-refractivity contribution in [2.24, 2.45) is 0 Å². The number of pyridine rings is 1. The topological polar surface area (TPSA) is 42.1 Å². The van der Waals surface area contributed by atoms with Crippen LogP contribution in [0.15, 0.2) is 30.6 Å². The van der Waals surface area contributed by atoms with Crippen LogP contribution in [0.25, 0.3) is 10.8 Å². The van der Waals surface area contributed by atoms with Crippen LogP contribution >= 0.6 is 0 Å². The van der Waals surface area contributed by atoms with Gasteiger partial charge in [0.2, 0.25) is 0 Å². The quantitative estimate of drug-likeness (QED) is 0.802. The van der Waals surface area contributed by atoms with Gasteiger partial charge in [0.05, 0.1) is 0 Å². The average Bonchev–Trinajstić information content (AvgIpc) is 2.27. The zero-order valence-corrected chi connectivity index (χ0v) is 10.1. The Balaban J connectivity index is 2.12. The minimum absolute atomic E-state index is 0.682. The predicted octanol–water partition coefficient (Wildman–Crippen LogP) is 2.81. The Morgan fingerprint density at radius 3 is 2.76 bits per heavy atom. The van der Waals surface area contributed by atoms with E-state index in [0.717, 1.165) is 16.5 Å². The Bertz CT molecular complexity index is 546. The number of fused-ring (bicyclic) bond motifs is 1. The van der Waals surface area contributed by atoms with Gasteiger partial charge in [0.15, 0.2) is 0 Å². The third kappa shape index (κ3) is 1.62. The Morgan fingerprint density at radius 1 is 1.24 bits per heavy atom. The molecule has 1 aliphatic carbocycles. The summed E-state index contributed by atoms with van der Waals surface area (Å²) in [5.74, 6) is 0. The van der Waals surface area contributed by atoms with Crippen molar-refractivity contribution in [1.82, 2.24) is 4.98 Å². The van der Waals surface area contributed by atoms with Crippen LogP contribution in [0.4, 0.5) is 11.4 Å². The van der Waals surface area contributed by atoms with E-state index < -0.39 is 0 Å². The van der Waals surface area contributed by atoms with Crippen molar-refractivity contribution in [3.05, 3.63) is 30.6 Å². The maximum atomic E-state index is 6.00. The summed E-state index contributed by atoms with van der Waals surface area (Å²) in [7, 11) is 2.17. The number of hydrogen-bond acceptors (Lipinski definition) is 3. The number of benzene rings is 1. The largest absolute Gasteiger partial charge is 0.398 e. The molecular formula is C14H17N3. The van der Waals surface area contributed by atoms with Gasteiger partial charge >= 0.3 is 0 Å². The third-order valence-corrected chi connectivity index (χ3v) is 3.83. The van der Waals surface area contributed by atoms with Gasteiger partial charge in [-0.3, -0.25) is 4.98 Å². The lowest BCUT2D eigenvalue weighted by Crippen LogP contribution is -2.37. The van der Waals surface area contributed by atoms with Crippen molar-refractivity contribution in [2.75, 3.05) is 17.7 Å². The fraction of sp³-hybridized carbons (Fsp3) is 0.357. The zero-order valence-electron chi connectivity index (χ0n) is 10.1. The summed E-state index contributed by atoms with van der Waals surface area (Å²) in [6, 6.07) is 6.77. The second-order valence-corrected chi connectivity index (χ2v) is 4.79. The molecule has 0 atom stereocenters. The average molecular weight is 227 g/mol. The first-order chi connectivity index (χ1) is 8.27. The normalized spacial score (nSPS) is 15.8. The van der Waals surface area contributed by atoms with E-state index in [-0.39, 0.29) is 0 Å². The first-order valence-corrected chi connectivity index (χ1v) is 6.12. The summed E-state index contributed by atoms with van der Waals surface area (Å²) in [5, 5.41) is 2.26. The molecule has 0 unspecified atom stereocenters. The van der Waals surface area contributed by atoms with Crippen molar-refractivity contribution >= 4 is 22.1 Å². The molecule has 2 aromatic rings. The molecule has 17 heavy (non-hydrogen) atoms. The van der Waals surface area contributed by atoms with Crippen molar-refractivity contribution < 1.29 is 0 Å². The van der Waals surface area contributed by atoms with Gasteiger partial charge in [0.25, 0.3) is 0 Å². The lowest BCUT2D eigenvalue weighted by atomic mass is 9.91. The Hall–Kier alpha value is -1.77. The van der Waals surface area contributed by atoms with Crippen LogP contribution in [0, 0.1) is 0 Å². The maximum absolute atomic E-state index is 6.00. The molecule has 2 N–H and O–H groups in total. The van der Waals surface area contributed by atoms with Gasteiger partial charge in [0, 0.05) is 47.6 Å². The number of nitrogens with two attached hydrogens (primary N) is 1. The Kier molecular flexibility index (Phi) is 2.39. The van der Waals surface area contributed by atoms with Gasteiger partial charge in [-0.15, -0.1) is 0 Å². The highest BCUT2D eigenvalue weighted by Crippen LogP contribution is 2.34. The summed E-state index contributed by atoms with van der Waals surface area (Å²) in [6.45, 7) is 0. The molecule has 1 aromatic heterocycles. The smallest absolute Gasteiger partial charge is 0.0462 e. The second kappa shape index (κ2) is 3.91. The van der Waals surface area contributed by atoms with Crippen LogP contribution in [-0.4, -0.2) is 18.1 Å². The highest BCUT2D eigenvalue weighted by atomic mass is 15.1. The Labute approximate surface area is 101 Å². The summed E-state index contributed by atoms with van der Waals surface area (Å²) < 4.78 is 0. The van der Waals surface area contributed by atoms with Crippen LogP contribution in [0.5, 0.6) is 0 Å². The molecule has 1 heterocycles. The minimum Gasteiger partial charge on any atom is -0.398 e. The molecule has 0 saturated heterocycles. The molecule has 88 valence electrons. The molecule has 1 fully saturated rings. The van der Waals surface area contributed by atoms with Gasteiger partial charge in [-0.05, 0) is 37.5 Å². The monoisotopic (exact) mass is 227 g/mol. The fourth-order valence-corrected chi connectivity index (χ4v) is 2.48. The molecule has 3 heteroatoms. The first-order valence-electron chi connectivity index (χ1n) is 6.12. The van der Waals surface area contributed by atoms with Crippen LogP contribution in [-0.2, 0) is 0 Å². The van der Waals surface area contributed by atoms with Crippen molar-refractivity contribution in [1.29, 1.82) is 0 Å². The third-order valence-electron chi connectivity index (χ3n) is 3.83. The van der Waals surface area contributed by atoms with E-state index in [1.54, 1.807) is 6.20 Å². The van der Waals surface area contributed by atoms with Crippen LogP contribution < -0.4 is 10.6 Å². The zero-order chi connectivity index (χ0) is 11.8. The van der Waals surface area contributed by atoms with E-state index in [1.807, 2.05) is 18.3 Å². The summed E-state index contributed by atoms with van der Waals surface area (Å²) in [5.41, 5.74) is 8.07. The first kappa shape index (κ1) is 10.4. The van der Waals surface area contributed by atoms with E-state index in [0.29, 0.717) is 6.04 Å². The van der Waals surface area contributed by atoms with Gasteiger partial charge < -0.3 is 10.6 Å². The predicted molar refractivity (Wildman–Crippen MR) is 72.2 cm³/mol. The molecule has 0 spiro atoms. The lowest BCUT2D eigenvalue weighted by Gasteiger charge is -2.37. The van der Waals surface area contributed by atoms with Gasteiger partial charge in [-0.25, -0.2) is 0 Å². The molecule has 0 amide bonds. The lowest BCUT2D eigenvalue weighted by molar-refractivity contribution is 0.402. The van der Waals surface area contributed by atoms with E-state index in [2.05, 4.69) is 23.0 Å². The van der Waals surface area contributed by atoms with E-state index in [9.17, 15) is 0 Å². The maximum Gasteiger partial charge on any atom is 0.0462 e. The molecule has 0 bridgehead atoms. The number of hydrogen-bond donors (Lipinski definition) is 1. The molecule has 3 nitrogen and oxygen atoms in total. The van der Waals surface area contributed by atoms with E-state index >= 15 is 0 Å². The number of anilines is 2. The molecule has 0 aliphatic heterocycles. The van der Waals surface area contributed by atoms with E-state index in [4.69, 9.17) is 5.73 Å². The standard InChI is InChI=1S/C14H17N3/c1-17(10-3-2-4-10)14-6-5-13(15)11-7-8-16-9-12(11)14/h5-10H,2-4,15H2,1H3. The van der Waals surface area contributed by atoms with Crippen LogP contribution in [0.1, 0.15) is 19.3 Å². The molecule has 1 saturated carbocycles. The van der Waals surface area contributed by atoms with Crippen molar-refractivity contribution in [3.8, 4) is 0 Å². The molecular weight excluding hydrogens is 210 g/mol. The van der Waals surface area contributed by atoms with Gasteiger partial charge in [-0.1, -0.05) is 0 Å². The summed E-state index contributed by atoms with van der Waals surface area (Å²) in [6.07, 6.45) is 7.65. The second-order valence-electron chi connectivity index (χ2n) is 4.79. The van der Waals surface area contributed by atoms with E-state index in [1.165, 1.54) is 24.9 Å². The molecule has 3 rings (SSSR count). The molecule has 1 aliphatic rings. The summed E-state index contributed by atoms with van der Waals surface area (Å²) in [4.78, 5) is 6.59. The van der Waals surface area contributed by atoms with Gasteiger partial charge in [-0.2, -0.15) is 0 Å². The molecule has 0 radical (unpaired) electrons. The summed E-state index contributed by atoms with van der Waals surface area (Å²) >= 11 is 0. The molecule has 1 aromatic carbocycles. The SMILES string of the molecule is CN(c1ccc(N)c2ccncc12)C1CCC1. The number of rotatable bonds is 2. The number of aromatic nitrogens is 1. The Morgan fingerprint density at radius 2 is 2.06 bits per heavy atom. The van der Waals surface area contributed by atoms with Gasteiger partial charge in [0.1, 0.15) is 0 Å². The number of nitrogens with zero attached hydrogens (tertiary/aromatic N) is 2. The minimum atomic E-state index is 0.682. The highest BCUT2D eigenvalue weighted by molar-refractivity contribution is 6.00. The van der Waals surface area contributed by atoms with Crippen LogP contribution in [0.2, 0.25) is 0 Å². The fourth-order valence-electron chi connectivity index (χ4n) is 2.48. The van der Waals surface area contributed by atoms with Crippen molar-refractivity contribution in [3.63, 3.8) is 0 Å².